The lowest BCUT2D eigenvalue weighted by Gasteiger charge is -2.17. The van der Waals surface area contributed by atoms with Crippen LogP contribution in [-0.4, -0.2) is 32.1 Å². The lowest BCUT2D eigenvalue weighted by Crippen LogP contribution is -2.27. The number of likely N-dealkylation sites (N-methyl/N-ethyl adjacent to an activating group) is 2. The molecule has 1 N–H and O–H groups in total. The van der Waals surface area contributed by atoms with E-state index in [2.05, 4.69) is 29.4 Å². The predicted octanol–water partition coefficient (Wildman–Crippen LogP) is 2.30. The van der Waals surface area contributed by atoms with E-state index in [4.69, 9.17) is 11.6 Å². The highest BCUT2D eigenvalue weighted by atomic mass is 35.5. The summed E-state index contributed by atoms with van der Waals surface area (Å²) in [5.74, 6) is 0. The molecule has 0 aliphatic rings. The van der Waals surface area contributed by atoms with Gasteiger partial charge < -0.3 is 10.2 Å². The third kappa shape index (κ3) is 3.82. The van der Waals surface area contributed by atoms with Gasteiger partial charge in [0.1, 0.15) is 0 Å². The van der Waals surface area contributed by atoms with E-state index in [1.807, 2.05) is 20.0 Å². The largest absolute Gasteiger partial charge is 0.318 e. The number of aryl methyl sites for hydroxylation is 1. The highest BCUT2D eigenvalue weighted by Crippen LogP contribution is 2.21. The first kappa shape index (κ1) is 12.5. The summed E-state index contributed by atoms with van der Waals surface area (Å²) in [6.45, 7) is 4.97. The van der Waals surface area contributed by atoms with Crippen LogP contribution in [0.5, 0.6) is 0 Å². The second kappa shape index (κ2) is 6.11. The molecule has 0 spiro atoms. The smallest absolute Gasteiger partial charge is 0.0480 e. The summed E-state index contributed by atoms with van der Waals surface area (Å²) in [5.41, 5.74) is 2.35. The Morgan fingerprint density at radius 2 is 2.13 bits per heavy atom. The van der Waals surface area contributed by atoms with Crippen molar-refractivity contribution in [1.82, 2.24) is 10.2 Å². The van der Waals surface area contributed by atoms with Crippen LogP contribution in [0.15, 0.2) is 18.2 Å². The number of nitrogens with one attached hydrogen (secondary N) is 1. The minimum absolute atomic E-state index is 0.897. The van der Waals surface area contributed by atoms with E-state index in [0.717, 1.165) is 30.2 Å². The summed E-state index contributed by atoms with van der Waals surface area (Å²) < 4.78 is 0. The average Bonchev–Trinajstić information content (AvgIpc) is 2.22. The second-order valence-corrected chi connectivity index (χ2v) is 4.27. The Morgan fingerprint density at radius 3 is 2.80 bits per heavy atom. The van der Waals surface area contributed by atoms with Gasteiger partial charge in [0.15, 0.2) is 0 Å². The minimum Gasteiger partial charge on any atom is -0.318 e. The van der Waals surface area contributed by atoms with Crippen molar-refractivity contribution in [2.45, 2.75) is 13.5 Å². The van der Waals surface area contributed by atoms with Crippen LogP contribution >= 0.6 is 11.6 Å². The SMILES string of the molecule is CNCCN(C)Cc1cccc(C)c1Cl. The van der Waals surface area contributed by atoms with Crippen LogP contribution in [0.25, 0.3) is 0 Å². The molecule has 1 aromatic carbocycles. The molecule has 0 aromatic heterocycles. The van der Waals surface area contributed by atoms with Gasteiger partial charge in [-0.1, -0.05) is 29.8 Å². The third-order valence-electron chi connectivity index (χ3n) is 2.46. The second-order valence-electron chi connectivity index (χ2n) is 3.89. The van der Waals surface area contributed by atoms with Gasteiger partial charge in [0.25, 0.3) is 0 Å². The lowest BCUT2D eigenvalue weighted by molar-refractivity contribution is 0.328. The molecule has 0 aliphatic carbocycles. The summed E-state index contributed by atoms with van der Waals surface area (Å²) in [6.07, 6.45) is 0. The summed E-state index contributed by atoms with van der Waals surface area (Å²) >= 11 is 6.23. The van der Waals surface area contributed by atoms with Crippen molar-refractivity contribution in [3.8, 4) is 0 Å². The van der Waals surface area contributed by atoms with Gasteiger partial charge in [-0.15, -0.1) is 0 Å². The molecule has 0 saturated heterocycles. The number of rotatable bonds is 5. The molecule has 0 aliphatic heterocycles. The van der Waals surface area contributed by atoms with Crippen LogP contribution in [0, 0.1) is 6.92 Å². The fourth-order valence-electron chi connectivity index (χ4n) is 1.50. The van der Waals surface area contributed by atoms with Gasteiger partial charge in [-0.2, -0.15) is 0 Å². The zero-order valence-electron chi connectivity index (χ0n) is 9.68. The molecule has 0 amide bonds. The first-order valence-corrected chi connectivity index (χ1v) is 5.60. The standard InChI is InChI=1S/C12H19ClN2/c1-10-5-4-6-11(12(10)13)9-15(3)8-7-14-2/h4-6,14H,7-9H2,1-3H3. The van der Waals surface area contributed by atoms with E-state index in [0.29, 0.717) is 0 Å². The van der Waals surface area contributed by atoms with Crippen molar-refractivity contribution >= 4 is 11.6 Å². The zero-order valence-corrected chi connectivity index (χ0v) is 10.4. The third-order valence-corrected chi connectivity index (χ3v) is 3.00. The fourth-order valence-corrected chi connectivity index (χ4v) is 1.69. The molecule has 84 valence electrons. The van der Waals surface area contributed by atoms with Crippen LogP contribution < -0.4 is 5.32 Å². The number of benzene rings is 1. The van der Waals surface area contributed by atoms with Gasteiger partial charge in [0, 0.05) is 24.7 Å². The molecule has 0 fully saturated rings. The van der Waals surface area contributed by atoms with Crippen molar-refractivity contribution in [2.75, 3.05) is 27.2 Å². The highest BCUT2D eigenvalue weighted by Gasteiger charge is 2.05. The van der Waals surface area contributed by atoms with Gasteiger partial charge in [-0.3, -0.25) is 0 Å². The predicted molar refractivity (Wildman–Crippen MR) is 66.4 cm³/mol. The van der Waals surface area contributed by atoms with E-state index < -0.39 is 0 Å². The molecule has 0 unspecified atom stereocenters. The average molecular weight is 227 g/mol. The van der Waals surface area contributed by atoms with E-state index in [-0.39, 0.29) is 0 Å². The Morgan fingerprint density at radius 1 is 1.40 bits per heavy atom. The quantitative estimate of drug-likeness (QED) is 0.829. The Bertz CT molecular complexity index is 312. The van der Waals surface area contributed by atoms with Crippen LogP contribution in [0.1, 0.15) is 11.1 Å². The van der Waals surface area contributed by atoms with Gasteiger partial charge in [0.05, 0.1) is 0 Å². The van der Waals surface area contributed by atoms with Crippen molar-refractivity contribution in [3.63, 3.8) is 0 Å². The van der Waals surface area contributed by atoms with Crippen molar-refractivity contribution in [2.24, 2.45) is 0 Å². The topological polar surface area (TPSA) is 15.3 Å². The van der Waals surface area contributed by atoms with Crippen LogP contribution in [0.4, 0.5) is 0 Å². The Balaban J connectivity index is 2.60. The lowest BCUT2D eigenvalue weighted by atomic mass is 10.1. The van der Waals surface area contributed by atoms with Gasteiger partial charge >= 0.3 is 0 Å². The number of hydrogen-bond donors (Lipinski definition) is 1. The normalized spacial score (nSPS) is 11.0. The molecule has 0 bridgehead atoms. The van der Waals surface area contributed by atoms with Gasteiger partial charge in [-0.25, -0.2) is 0 Å². The molecule has 2 nitrogen and oxygen atoms in total. The summed E-state index contributed by atoms with van der Waals surface area (Å²) in [4.78, 5) is 2.26. The number of hydrogen-bond acceptors (Lipinski definition) is 2. The summed E-state index contributed by atoms with van der Waals surface area (Å²) in [5, 5.41) is 4.03. The Labute approximate surface area is 97.2 Å². The summed E-state index contributed by atoms with van der Waals surface area (Å²) in [7, 11) is 4.07. The Kier molecular flexibility index (Phi) is 5.09. The van der Waals surface area contributed by atoms with E-state index >= 15 is 0 Å². The molecule has 0 heterocycles. The molecule has 3 heteroatoms. The number of halogens is 1. The molecule has 15 heavy (non-hydrogen) atoms. The van der Waals surface area contributed by atoms with Crippen LogP contribution in [0.3, 0.4) is 0 Å². The maximum absolute atomic E-state index is 6.23. The first-order chi connectivity index (χ1) is 7.15. The highest BCUT2D eigenvalue weighted by molar-refractivity contribution is 6.32. The number of nitrogens with zero attached hydrogens (tertiary/aromatic N) is 1. The molecular formula is C12H19ClN2. The van der Waals surface area contributed by atoms with Gasteiger partial charge in [-0.05, 0) is 32.1 Å². The van der Waals surface area contributed by atoms with E-state index in [1.165, 1.54) is 5.56 Å². The van der Waals surface area contributed by atoms with Crippen LogP contribution in [0.2, 0.25) is 5.02 Å². The maximum Gasteiger partial charge on any atom is 0.0480 e. The molecule has 0 radical (unpaired) electrons. The Hall–Kier alpha value is -0.570. The molecule has 0 saturated carbocycles. The minimum atomic E-state index is 0.897. The zero-order chi connectivity index (χ0) is 11.3. The monoisotopic (exact) mass is 226 g/mol. The van der Waals surface area contributed by atoms with Crippen molar-refractivity contribution in [3.05, 3.63) is 34.3 Å². The van der Waals surface area contributed by atoms with E-state index in [1.54, 1.807) is 0 Å². The van der Waals surface area contributed by atoms with Crippen molar-refractivity contribution in [1.29, 1.82) is 0 Å². The van der Waals surface area contributed by atoms with Crippen LogP contribution in [-0.2, 0) is 6.54 Å². The molecule has 1 rings (SSSR count). The first-order valence-electron chi connectivity index (χ1n) is 5.22. The molecule has 1 aromatic rings. The van der Waals surface area contributed by atoms with E-state index in [9.17, 15) is 0 Å². The molecule has 0 atom stereocenters. The summed E-state index contributed by atoms with van der Waals surface area (Å²) in [6, 6.07) is 6.19. The maximum atomic E-state index is 6.23. The van der Waals surface area contributed by atoms with Gasteiger partial charge in [0.2, 0.25) is 0 Å². The van der Waals surface area contributed by atoms with Crippen molar-refractivity contribution < 1.29 is 0 Å². The molecular weight excluding hydrogens is 208 g/mol. The fraction of sp³-hybridized carbons (Fsp3) is 0.500.